The number of benzene rings is 1. The number of hydrogen-bond acceptors (Lipinski definition) is 5. The summed E-state index contributed by atoms with van der Waals surface area (Å²) >= 11 is 0. The number of fused-ring (bicyclic) bond motifs is 1. The van der Waals surface area contributed by atoms with Gasteiger partial charge in [0.1, 0.15) is 23.0 Å². The Morgan fingerprint density at radius 2 is 2.06 bits per heavy atom. The van der Waals surface area contributed by atoms with Gasteiger partial charge in [-0.05, 0) is 36.5 Å². The van der Waals surface area contributed by atoms with Crippen molar-refractivity contribution in [3.05, 3.63) is 57.9 Å². The molecule has 0 radical (unpaired) electrons. The first-order valence-electron chi connectivity index (χ1n) is 10.3. The van der Waals surface area contributed by atoms with Crippen LogP contribution in [0.1, 0.15) is 44.4 Å². The monoisotopic (exact) mass is 433 g/mol. The van der Waals surface area contributed by atoms with Gasteiger partial charge in [0, 0.05) is 24.5 Å². The van der Waals surface area contributed by atoms with E-state index in [2.05, 4.69) is 36.1 Å². The molecule has 164 valence electrons. The summed E-state index contributed by atoms with van der Waals surface area (Å²) in [6, 6.07) is 8.00. The largest absolute Gasteiger partial charge is 0.382 e. The normalized spacial score (nSPS) is 12.4. The average molecular weight is 433 g/mol. The predicted molar refractivity (Wildman–Crippen MR) is 121 cm³/mol. The molecule has 4 rings (SSSR count). The number of nitriles is 1. The number of para-hydroxylation sites is 1. The first-order chi connectivity index (χ1) is 15.2. The highest BCUT2D eigenvalue weighted by molar-refractivity contribution is 5.97. The van der Waals surface area contributed by atoms with Gasteiger partial charge in [0.15, 0.2) is 5.82 Å². The minimum absolute atomic E-state index is 0.000206. The third-order valence-corrected chi connectivity index (χ3v) is 5.62. The molecule has 1 unspecified atom stereocenters. The summed E-state index contributed by atoms with van der Waals surface area (Å²) in [7, 11) is 1.87. The van der Waals surface area contributed by atoms with Gasteiger partial charge >= 0.3 is 0 Å². The van der Waals surface area contributed by atoms with Crippen molar-refractivity contribution in [1.29, 1.82) is 5.26 Å². The molecule has 3 aromatic heterocycles. The number of H-pyrrole nitrogens is 1. The Labute approximate surface area is 184 Å². The Morgan fingerprint density at radius 3 is 2.75 bits per heavy atom. The number of nitrogen functional groups attached to an aromatic ring is 1. The Bertz CT molecular complexity index is 1420. The van der Waals surface area contributed by atoms with Crippen molar-refractivity contribution in [2.75, 3.05) is 5.73 Å². The van der Waals surface area contributed by atoms with Gasteiger partial charge < -0.3 is 5.73 Å². The van der Waals surface area contributed by atoms with Crippen LogP contribution in [0.25, 0.3) is 27.8 Å². The number of hydrogen-bond donors (Lipinski definition) is 2. The van der Waals surface area contributed by atoms with E-state index in [1.807, 2.05) is 23.9 Å². The zero-order chi connectivity index (χ0) is 23.2. The lowest BCUT2D eigenvalue weighted by Crippen LogP contribution is -2.21. The maximum absolute atomic E-state index is 14.8. The summed E-state index contributed by atoms with van der Waals surface area (Å²) in [5.74, 6) is 0.103. The van der Waals surface area contributed by atoms with Crippen molar-refractivity contribution in [2.24, 2.45) is 13.0 Å². The zero-order valence-corrected chi connectivity index (χ0v) is 18.3. The topological polar surface area (TPSA) is 118 Å². The van der Waals surface area contributed by atoms with Crippen LogP contribution in [0.4, 0.5) is 10.2 Å². The van der Waals surface area contributed by atoms with E-state index in [-0.39, 0.29) is 28.4 Å². The second-order valence-corrected chi connectivity index (χ2v) is 8.43. The van der Waals surface area contributed by atoms with E-state index in [0.29, 0.717) is 22.7 Å². The van der Waals surface area contributed by atoms with Crippen molar-refractivity contribution in [1.82, 2.24) is 24.5 Å². The van der Waals surface area contributed by atoms with Crippen LogP contribution in [0.3, 0.4) is 0 Å². The third-order valence-electron chi connectivity index (χ3n) is 5.62. The number of pyridine rings is 1. The Hall–Kier alpha value is -3.93. The van der Waals surface area contributed by atoms with Crippen LogP contribution < -0.4 is 11.3 Å². The van der Waals surface area contributed by atoms with Crippen molar-refractivity contribution in [3.63, 3.8) is 0 Å². The van der Waals surface area contributed by atoms with Crippen molar-refractivity contribution < 1.29 is 4.39 Å². The number of aromatic nitrogens is 5. The van der Waals surface area contributed by atoms with E-state index in [1.165, 1.54) is 24.4 Å². The molecule has 0 amide bonds. The molecule has 1 aromatic carbocycles. The molecule has 0 bridgehead atoms. The van der Waals surface area contributed by atoms with Crippen molar-refractivity contribution >= 4 is 16.7 Å². The van der Waals surface area contributed by atoms with Crippen LogP contribution in [0.5, 0.6) is 0 Å². The number of aryl methyl sites for hydroxylation is 1. The summed E-state index contributed by atoms with van der Waals surface area (Å²) < 4.78 is 17.7. The summed E-state index contributed by atoms with van der Waals surface area (Å²) in [5, 5.41) is 21.1. The summed E-state index contributed by atoms with van der Waals surface area (Å²) in [5.41, 5.74) is 7.90. The highest BCUT2D eigenvalue weighted by atomic mass is 19.1. The summed E-state index contributed by atoms with van der Waals surface area (Å²) in [6.07, 6.45) is 2.48. The number of anilines is 1. The molecule has 4 aromatic rings. The molecule has 0 saturated carbocycles. The van der Waals surface area contributed by atoms with Crippen LogP contribution in [-0.4, -0.2) is 24.5 Å². The SMILES string of the molecule is CC(C)CC(C)c1cc(-c2cn(-c3c(F)cccc3C#N)c(=O)c3c(N)n[nH]c23)nn1C. The molecule has 0 aliphatic carbocycles. The highest BCUT2D eigenvalue weighted by Gasteiger charge is 2.22. The predicted octanol–water partition coefficient (Wildman–Crippen LogP) is 3.86. The van der Waals surface area contributed by atoms with Gasteiger partial charge in [-0.3, -0.25) is 19.1 Å². The third kappa shape index (κ3) is 3.43. The van der Waals surface area contributed by atoms with E-state index < -0.39 is 11.4 Å². The van der Waals surface area contributed by atoms with Crippen molar-refractivity contribution in [2.45, 2.75) is 33.1 Å². The van der Waals surface area contributed by atoms with E-state index in [0.717, 1.165) is 16.7 Å². The van der Waals surface area contributed by atoms with Crippen LogP contribution in [-0.2, 0) is 7.05 Å². The van der Waals surface area contributed by atoms with E-state index >= 15 is 0 Å². The van der Waals surface area contributed by atoms with Gasteiger partial charge in [-0.1, -0.05) is 26.8 Å². The minimum Gasteiger partial charge on any atom is -0.382 e. The number of nitrogens with zero attached hydrogens (tertiary/aromatic N) is 5. The number of aromatic amines is 1. The van der Waals surface area contributed by atoms with Crippen LogP contribution in [0, 0.1) is 23.1 Å². The lowest BCUT2D eigenvalue weighted by atomic mass is 9.95. The first-order valence-corrected chi connectivity index (χ1v) is 10.3. The molecule has 0 aliphatic rings. The Kier molecular flexibility index (Phi) is 5.30. The van der Waals surface area contributed by atoms with E-state index in [1.54, 1.807) is 0 Å². The molecule has 0 spiro atoms. The van der Waals surface area contributed by atoms with Gasteiger partial charge in [0.25, 0.3) is 5.56 Å². The van der Waals surface area contributed by atoms with Crippen molar-refractivity contribution in [3.8, 4) is 23.0 Å². The number of halogens is 1. The van der Waals surface area contributed by atoms with Gasteiger partial charge in [-0.2, -0.15) is 15.5 Å². The maximum atomic E-state index is 14.8. The highest BCUT2D eigenvalue weighted by Crippen LogP contribution is 2.32. The molecular weight excluding hydrogens is 409 g/mol. The average Bonchev–Trinajstić information content (AvgIpc) is 3.31. The van der Waals surface area contributed by atoms with Crippen LogP contribution in [0.15, 0.2) is 35.3 Å². The molecule has 3 heterocycles. The summed E-state index contributed by atoms with van der Waals surface area (Å²) in [6.45, 7) is 6.48. The first kappa shape index (κ1) is 21.3. The lowest BCUT2D eigenvalue weighted by Gasteiger charge is -2.13. The maximum Gasteiger partial charge on any atom is 0.268 e. The van der Waals surface area contributed by atoms with Gasteiger partial charge in [0.05, 0.1) is 16.8 Å². The van der Waals surface area contributed by atoms with E-state index in [9.17, 15) is 14.4 Å². The molecule has 32 heavy (non-hydrogen) atoms. The lowest BCUT2D eigenvalue weighted by molar-refractivity contribution is 0.499. The van der Waals surface area contributed by atoms with Crippen LogP contribution >= 0.6 is 0 Å². The number of nitrogens with two attached hydrogens (primary N) is 1. The number of nitrogens with one attached hydrogen (secondary N) is 1. The molecule has 1 atom stereocenters. The quantitative estimate of drug-likeness (QED) is 0.495. The fraction of sp³-hybridized carbons (Fsp3) is 0.304. The standard InChI is InChI=1S/C23H24FN7O/c1-12(2)8-13(3)18-9-17(29-30(18)4)15-11-31(21-14(10-25)6-5-7-16(21)24)23(32)19-20(15)27-28-22(19)26/h5-7,9,11-13H,8H2,1-4H3,(H3,26,27,28). The Balaban J connectivity index is 2.00. The second kappa shape index (κ2) is 7.96. The molecule has 9 heteroatoms. The van der Waals surface area contributed by atoms with Gasteiger partial charge in [-0.15, -0.1) is 0 Å². The van der Waals surface area contributed by atoms with Gasteiger partial charge in [-0.25, -0.2) is 4.39 Å². The molecule has 3 N–H and O–H groups in total. The molecule has 8 nitrogen and oxygen atoms in total. The Morgan fingerprint density at radius 1 is 1.31 bits per heavy atom. The molecule has 0 fully saturated rings. The second-order valence-electron chi connectivity index (χ2n) is 8.43. The van der Waals surface area contributed by atoms with Crippen LogP contribution in [0.2, 0.25) is 0 Å². The van der Waals surface area contributed by atoms with E-state index in [4.69, 9.17) is 5.73 Å². The smallest absolute Gasteiger partial charge is 0.268 e. The van der Waals surface area contributed by atoms with Gasteiger partial charge in [0.2, 0.25) is 0 Å². The molecule has 0 saturated heterocycles. The fourth-order valence-electron chi connectivity index (χ4n) is 4.25. The molecular formula is C23H24FN7O. The molecule has 0 aliphatic heterocycles. The number of rotatable bonds is 5. The summed E-state index contributed by atoms with van der Waals surface area (Å²) in [4.78, 5) is 13.2. The zero-order valence-electron chi connectivity index (χ0n) is 18.3. The minimum atomic E-state index is -0.689. The fourth-order valence-corrected chi connectivity index (χ4v) is 4.25.